The summed E-state index contributed by atoms with van der Waals surface area (Å²) in [6.45, 7) is 2.39. The monoisotopic (exact) mass is 247 g/mol. The highest BCUT2D eigenvalue weighted by Gasteiger charge is 2.06. The summed E-state index contributed by atoms with van der Waals surface area (Å²) in [6.07, 6.45) is 0.669. The van der Waals surface area contributed by atoms with Crippen molar-refractivity contribution in [2.45, 2.75) is 19.9 Å². The summed E-state index contributed by atoms with van der Waals surface area (Å²) < 4.78 is 1.57. The Morgan fingerprint density at radius 3 is 2.78 bits per heavy atom. The summed E-state index contributed by atoms with van der Waals surface area (Å²) in [6, 6.07) is 9.63. The molecule has 1 N–H and O–H groups in total. The number of nitrogens with one attached hydrogen (secondary N) is 1. The van der Waals surface area contributed by atoms with Crippen molar-refractivity contribution in [3.05, 3.63) is 57.5 Å². The van der Waals surface area contributed by atoms with Gasteiger partial charge in [-0.1, -0.05) is 37.3 Å². The average Bonchev–Trinajstić information content (AvgIpc) is 2.72. The van der Waals surface area contributed by atoms with Crippen molar-refractivity contribution in [3.63, 3.8) is 0 Å². The van der Waals surface area contributed by atoms with Gasteiger partial charge in [0.25, 0.3) is 0 Å². The predicted molar refractivity (Wildman–Crippen MR) is 64.1 cm³/mol. The Morgan fingerprint density at radius 1 is 1.44 bits per heavy atom. The van der Waals surface area contributed by atoms with Gasteiger partial charge in [0, 0.05) is 6.42 Å². The Bertz CT molecular complexity index is 599. The summed E-state index contributed by atoms with van der Waals surface area (Å²) in [5.41, 5.74) is 1.11. The van der Waals surface area contributed by atoms with E-state index in [1.807, 2.05) is 37.3 Å². The van der Waals surface area contributed by atoms with Crippen LogP contribution in [0.3, 0.4) is 0 Å². The Kier molecular flexibility index (Phi) is 3.52. The minimum Gasteiger partial charge on any atom is -0.282 e. The third-order valence-corrected chi connectivity index (χ3v) is 2.43. The number of benzene rings is 1. The number of aromatic nitrogens is 3. The van der Waals surface area contributed by atoms with Crippen LogP contribution in [0.2, 0.25) is 0 Å². The lowest BCUT2D eigenvalue weighted by Crippen LogP contribution is -2.22. The summed E-state index contributed by atoms with van der Waals surface area (Å²) in [7, 11) is 0. The molecule has 0 unspecified atom stereocenters. The third-order valence-electron chi connectivity index (χ3n) is 2.43. The first kappa shape index (κ1) is 12.0. The quantitative estimate of drug-likeness (QED) is 0.643. The number of nitro groups is 1. The maximum atomic E-state index is 10.4. The van der Waals surface area contributed by atoms with Crippen molar-refractivity contribution < 1.29 is 5.03 Å². The molecule has 0 saturated heterocycles. The lowest BCUT2D eigenvalue weighted by molar-refractivity contribution is -0.491. The van der Waals surface area contributed by atoms with Gasteiger partial charge in [-0.25, -0.2) is 14.8 Å². The molecular weight excluding hydrogens is 234 g/mol. The zero-order valence-electron chi connectivity index (χ0n) is 9.91. The van der Waals surface area contributed by atoms with Gasteiger partial charge in [-0.3, -0.25) is 5.10 Å². The number of hydrogen-bond donors (Lipinski definition) is 1. The van der Waals surface area contributed by atoms with Crippen molar-refractivity contribution in [1.82, 2.24) is 14.8 Å². The van der Waals surface area contributed by atoms with Crippen LogP contribution in [0.15, 0.2) is 35.4 Å². The van der Waals surface area contributed by atoms with Gasteiger partial charge in [-0.2, -0.15) is 4.98 Å². The molecule has 0 aliphatic heterocycles. The van der Waals surface area contributed by atoms with Crippen molar-refractivity contribution in [1.29, 1.82) is 0 Å². The number of aromatic amines is 1. The van der Waals surface area contributed by atoms with Gasteiger partial charge >= 0.3 is 5.62 Å². The van der Waals surface area contributed by atoms with Gasteiger partial charge in [0.1, 0.15) is 10.9 Å². The second kappa shape index (κ2) is 5.26. The molecule has 0 bridgehead atoms. The molecule has 0 saturated carbocycles. The standard InChI is InChI=1S/C11H13N5O2/c1-2-10-12-11(14-16(17)18)15(13-10)8-9-6-4-3-5-7-9/h3-7H,2,8H2,1H3,(H,12,13,14). The van der Waals surface area contributed by atoms with Crippen LogP contribution in [0.1, 0.15) is 18.3 Å². The SMILES string of the molecule is CCc1n/c(=N\[N+](=O)[O-])n(Cc2ccccc2)[nH]1. The molecule has 1 aromatic carbocycles. The molecule has 0 atom stereocenters. The Labute approximate surface area is 103 Å². The molecule has 0 radical (unpaired) electrons. The van der Waals surface area contributed by atoms with E-state index < -0.39 is 5.03 Å². The van der Waals surface area contributed by atoms with E-state index in [0.29, 0.717) is 18.8 Å². The fraction of sp³-hybridized carbons (Fsp3) is 0.273. The van der Waals surface area contributed by atoms with Gasteiger partial charge in [0.15, 0.2) is 5.03 Å². The van der Waals surface area contributed by atoms with Crippen molar-refractivity contribution in [3.8, 4) is 0 Å². The third kappa shape index (κ3) is 2.82. The number of aryl methyl sites for hydroxylation is 1. The molecule has 1 aromatic heterocycles. The molecular formula is C11H13N5O2. The normalized spacial score (nSPS) is 11.7. The van der Waals surface area contributed by atoms with Crippen LogP contribution in [0.4, 0.5) is 0 Å². The summed E-state index contributed by atoms with van der Waals surface area (Å²) in [5.74, 6) is 0.673. The number of hydrogen-bond acceptors (Lipinski definition) is 3. The van der Waals surface area contributed by atoms with Crippen LogP contribution in [0, 0.1) is 10.1 Å². The summed E-state index contributed by atoms with van der Waals surface area (Å²) >= 11 is 0. The van der Waals surface area contributed by atoms with Gasteiger partial charge in [-0.15, -0.1) is 0 Å². The van der Waals surface area contributed by atoms with E-state index >= 15 is 0 Å². The van der Waals surface area contributed by atoms with E-state index in [4.69, 9.17) is 0 Å². The maximum Gasteiger partial charge on any atom is 0.318 e. The lowest BCUT2D eigenvalue weighted by atomic mass is 10.2. The van der Waals surface area contributed by atoms with Crippen LogP contribution in [0.5, 0.6) is 0 Å². The number of nitrogens with zero attached hydrogens (tertiary/aromatic N) is 4. The highest BCUT2D eigenvalue weighted by molar-refractivity contribution is 5.14. The van der Waals surface area contributed by atoms with E-state index in [1.165, 1.54) is 0 Å². The molecule has 0 fully saturated rings. The topological polar surface area (TPSA) is 89.1 Å². The first-order chi connectivity index (χ1) is 8.69. The molecule has 0 aliphatic carbocycles. The Balaban J connectivity index is 2.38. The van der Waals surface area contributed by atoms with Crippen LogP contribution in [-0.4, -0.2) is 19.8 Å². The number of rotatable bonds is 4. The minimum absolute atomic E-state index is 0.0840. The second-order valence-electron chi connectivity index (χ2n) is 3.73. The average molecular weight is 247 g/mol. The molecule has 2 aromatic rings. The van der Waals surface area contributed by atoms with Crippen LogP contribution < -0.4 is 5.62 Å². The molecule has 18 heavy (non-hydrogen) atoms. The molecule has 7 heteroatoms. The maximum absolute atomic E-state index is 10.4. The van der Waals surface area contributed by atoms with Crippen molar-refractivity contribution in [2.75, 3.05) is 0 Å². The predicted octanol–water partition coefficient (Wildman–Crippen LogP) is 0.914. The molecule has 0 aliphatic rings. The highest BCUT2D eigenvalue weighted by Crippen LogP contribution is 1.99. The van der Waals surface area contributed by atoms with Crippen molar-refractivity contribution in [2.24, 2.45) is 5.10 Å². The van der Waals surface area contributed by atoms with Crippen molar-refractivity contribution >= 4 is 0 Å². The van der Waals surface area contributed by atoms with E-state index in [9.17, 15) is 10.1 Å². The van der Waals surface area contributed by atoms with E-state index in [0.717, 1.165) is 5.56 Å². The smallest absolute Gasteiger partial charge is 0.282 e. The summed E-state index contributed by atoms with van der Waals surface area (Å²) in [5, 5.41) is 16.0. The van der Waals surface area contributed by atoms with E-state index in [-0.39, 0.29) is 5.62 Å². The zero-order chi connectivity index (χ0) is 13.0. The fourth-order valence-electron chi connectivity index (χ4n) is 1.60. The zero-order valence-corrected chi connectivity index (χ0v) is 9.91. The molecule has 2 rings (SSSR count). The largest absolute Gasteiger partial charge is 0.318 e. The molecule has 1 heterocycles. The summed E-state index contributed by atoms with van der Waals surface area (Å²) in [4.78, 5) is 14.5. The Morgan fingerprint density at radius 2 is 2.17 bits per heavy atom. The van der Waals surface area contributed by atoms with Gasteiger partial charge in [-0.05, 0) is 5.56 Å². The van der Waals surface area contributed by atoms with Gasteiger partial charge in [0.2, 0.25) is 0 Å². The molecule has 94 valence electrons. The molecule has 0 amide bonds. The minimum atomic E-state index is -0.739. The molecule has 7 nitrogen and oxygen atoms in total. The fourth-order valence-corrected chi connectivity index (χ4v) is 1.60. The van der Waals surface area contributed by atoms with Crippen LogP contribution in [0.25, 0.3) is 0 Å². The number of H-pyrrole nitrogens is 1. The first-order valence-electron chi connectivity index (χ1n) is 5.57. The first-order valence-corrected chi connectivity index (χ1v) is 5.57. The lowest BCUT2D eigenvalue weighted by Gasteiger charge is -2.01. The van der Waals surface area contributed by atoms with E-state index in [2.05, 4.69) is 15.2 Å². The van der Waals surface area contributed by atoms with Crippen LogP contribution >= 0.6 is 0 Å². The van der Waals surface area contributed by atoms with Gasteiger partial charge in [0.05, 0.1) is 6.54 Å². The van der Waals surface area contributed by atoms with Gasteiger partial charge < -0.3 is 0 Å². The van der Waals surface area contributed by atoms with Crippen LogP contribution in [-0.2, 0) is 13.0 Å². The Hall–Kier alpha value is -2.44. The molecule has 0 spiro atoms. The highest BCUT2D eigenvalue weighted by atomic mass is 16.7. The van der Waals surface area contributed by atoms with E-state index in [1.54, 1.807) is 4.68 Å². The second-order valence-corrected chi connectivity index (χ2v) is 3.73.